The Kier molecular flexibility index (Phi) is 5.56. The maximum Gasteiger partial charge on any atom is 0.162 e. The number of hydrogen-bond donors (Lipinski definition) is 1. The maximum atomic E-state index is 4.77. The Hall–Kier alpha value is -1.17. The summed E-state index contributed by atoms with van der Waals surface area (Å²) in [7, 11) is 0. The molecule has 0 unspecified atom stereocenters. The van der Waals surface area contributed by atoms with Gasteiger partial charge in [0.1, 0.15) is 5.82 Å². The zero-order valence-corrected chi connectivity index (χ0v) is 15.3. The molecule has 112 valence electrons. The van der Waals surface area contributed by atoms with Gasteiger partial charge in [0.05, 0.1) is 9.26 Å². The van der Waals surface area contributed by atoms with Crippen molar-refractivity contribution >= 4 is 28.4 Å². The third-order valence-corrected chi connectivity index (χ3v) is 4.78. The smallest absolute Gasteiger partial charge is 0.162 e. The highest BCUT2D eigenvalue weighted by Gasteiger charge is 2.14. The average Bonchev–Trinajstić information content (AvgIpc) is 2.49. The van der Waals surface area contributed by atoms with Crippen LogP contribution in [0.25, 0.3) is 11.4 Å². The van der Waals surface area contributed by atoms with Gasteiger partial charge in [0.2, 0.25) is 0 Å². The van der Waals surface area contributed by atoms with Crippen LogP contribution in [0.1, 0.15) is 37.1 Å². The number of nitrogens with one attached hydrogen (secondary N) is 1. The third-order valence-electron chi connectivity index (χ3n) is 3.64. The molecule has 0 aliphatic carbocycles. The van der Waals surface area contributed by atoms with Gasteiger partial charge in [-0.1, -0.05) is 32.0 Å². The van der Waals surface area contributed by atoms with Gasteiger partial charge in [-0.05, 0) is 60.4 Å². The van der Waals surface area contributed by atoms with Gasteiger partial charge >= 0.3 is 0 Å². The van der Waals surface area contributed by atoms with E-state index in [9.17, 15) is 0 Å². The predicted molar refractivity (Wildman–Crippen MR) is 97.8 cm³/mol. The topological polar surface area (TPSA) is 37.8 Å². The molecule has 2 aromatic rings. The lowest BCUT2D eigenvalue weighted by Crippen LogP contribution is -2.09. The van der Waals surface area contributed by atoms with E-state index in [2.05, 4.69) is 73.8 Å². The molecular formula is C17H22IN3. The van der Waals surface area contributed by atoms with Crippen molar-refractivity contribution in [3.05, 3.63) is 38.6 Å². The lowest BCUT2D eigenvalue weighted by atomic mass is 10.0. The van der Waals surface area contributed by atoms with Gasteiger partial charge in [0.15, 0.2) is 5.82 Å². The second-order valence-electron chi connectivity index (χ2n) is 5.18. The second kappa shape index (κ2) is 7.20. The molecule has 0 amide bonds. The summed E-state index contributed by atoms with van der Waals surface area (Å²) in [6.45, 7) is 9.50. The van der Waals surface area contributed by atoms with Gasteiger partial charge in [-0.3, -0.25) is 0 Å². The van der Waals surface area contributed by atoms with Gasteiger partial charge in [0.25, 0.3) is 0 Å². The molecule has 21 heavy (non-hydrogen) atoms. The van der Waals surface area contributed by atoms with Gasteiger partial charge in [-0.2, -0.15) is 0 Å². The Labute approximate surface area is 140 Å². The summed E-state index contributed by atoms with van der Waals surface area (Å²) >= 11 is 2.34. The molecule has 2 rings (SSSR count). The number of aromatic nitrogens is 2. The van der Waals surface area contributed by atoms with Crippen molar-refractivity contribution in [1.82, 2.24) is 9.97 Å². The summed E-state index contributed by atoms with van der Waals surface area (Å²) in [5.74, 6) is 1.78. The van der Waals surface area contributed by atoms with Crippen LogP contribution in [0.3, 0.4) is 0 Å². The first-order valence-corrected chi connectivity index (χ1v) is 8.53. The molecule has 1 heterocycles. The first-order chi connectivity index (χ1) is 10.1. The minimum atomic E-state index is 0.826. The second-order valence-corrected chi connectivity index (χ2v) is 6.26. The van der Waals surface area contributed by atoms with E-state index >= 15 is 0 Å². The summed E-state index contributed by atoms with van der Waals surface area (Å²) in [5.41, 5.74) is 4.76. The Bertz CT molecular complexity index is 638. The van der Waals surface area contributed by atoms with Gasteiger partial charge in [-0.25, -0.2) is 9.97 Å². The van der Waals surface area contributed by atoms with Crippen LogP contribution in [0.5, 0.6) is 0 Å². The van der Waals surface area contributed by atoms with Gasteiger partial charge in [-0.15, -0.1) is 0 Å². The molecule has 0 aliphatic heterocycles. The van der Waals surface area contributed by atoms with E-state index in [-0.39, 0.29) is 0 Å². The molecule has 0 saturated carbocycles. The van der Waals surface area contributed by atoms with Crippen molar-refractivity contribution in [2.45, 2.75) is 40.5 Å². The number of anilines is 1. The van der Waals surface area contributed by atoms with E-state index in [4.69, 9.17) is 9.97 Å². The molecule has 0 atom stereocenters. The lowest BCUT2D eigenvalue weighted by molar-refractivity contribution is 0.942. The Morgan fingerprint density at radius 3 is 2.57 bits per heavy atom. The first-order valence-electron chi connectivity index (χ1n) is 7.45. The first kappa shape index (κ1) is 16.2. The van der Waals surface area contributed by atoms with E-state index < -0.39 is 0 Å². The molecule has 0 fully saturated rings. The fourth-order valence-electron chi connectivity index (χ4n) is 2.20. The zero-order valence-electron chi connectivity index (χ0n) is 13.1. The highest BCUT2D eigenvalue weighted by atomic mass is 127. The van der Waals surface area contributed by atoms with Crippen LogP contribution in [0, 0.1) is 17.4 Å². The van der Waals surface area contributed by atoms with Gasteiger partial charge < -0.3 is 5.32 Å². The van der Waals surface area contributed by atoms with Crippen LogP contribution >= 0.6 is 22.6 Å². The Balaban J connectivity index is 2.55. The van der Waals surface area contributed by atoms with Crippen LogP contribution in [-0.4, -0.2) is 16.5 Å². The molecule has 0 bridgehead atoms. The molecule has 0 aliphatic rings. The summed E-state index contributed by atoms with van der Waals surface area (Å²) in [5, 5.41) is 3.42. The molecule has 0 radical (unpaired) electrons. The van der Waals surface area contributed by atoms with Crippen molar-refractivity contribution in [3.8, 4) is 11.4 Å². The van der Waals surface area contributed by atoms with Crippen molar-refractivity contribution < 1.29 is 0 Å². The van der Waals surface area contributed by atoms with Crippen LogP contribution < -0.4 is 5.32 Å². The molecular weight excluding hydrogens is 373 g/mol. The molecule has 1 aromatic heterocycles. The summed E-state index contributed by atoms with van der Waals surface area (Å²) in [6, 6.07) is 6.31. The number of benzene rings is 1. The van der Waals surface area contributed by atoms with E-state index in [0.717, 1.165) is 45.9 Å². The molecule has 0 saturated heterocycles. The SMILES string of the molecule is CCCNc1nc(-c2cccc(C)c2C)nc(CC)c1I. The Morgan fingerprint density at radius 1 is 1.14 bits per heavy atom. The molecule has 0 spiro atoms. The third kappa shape index (κ3) is 3.54. The number of rotatable bonds is 5. The average molecular weight is 395 g/mol. The van der Waals surface area contributed by atoms with E-state index in [1.807, 2.05) is 0 Å². The largest absolute Gasteiger partial charge is 0.369 e. The van der Waals surface area contributed by atoms with Crippen molar-refractivity contribution in [2.75, 3.05) is 11.9 Å². The minimum absolute atomic E-state index is 0.826. The minimum Gasteiger partial charge on any atom is -0.369 e. The summed E-state index contributed by atoms with van der Waals surface area (Å²) < 4.78 is 1.14. The fourth-order valence-corrected chi connectivity index (χ4v) is 3.02. The monoisotopic (exact) mass is 395 g/mol. The van der Waals surface area contributed by atoms with Crippen molar-refractivity contribution in [1.29, 1.82) is 0 Å². The quantitative estimate of drug-likeness (QED) is 0.743. The molecule has 1 N–H and O–H groups in total. The molecule has 4 heteroatoms. The number of halogens is 1. The molecule has 3 nitrogen and oxygen atoms in total. The van der Waals surface area contributed by atoms with Crippen LogP contribution in [0.2, 0.25) is 0 Å². The molecule has 1 aromatic carbocycles. The van der Waals surface area contributed by atoms with Crippen molar-refractivity contribution in [3.63, 3.8) is 0 Å². The summed E-state index contributed by atoms with van der Waals surface area (Å²) in [6.07, 6.45) is 2.00. The zero-order chi connectivity index (χ0) is 15.4. The highest BCUT2D eigenvalue weighted by Crippen LogP contribution is 2.27. The summed E-state index contributed by atoms with van der Waals surface area (Å²) in [4.78, 5) is 9.53. The standard InChI is InChI=1S/C17H22IN3/c1-5-10-19-17-15(18)14(6-2)20-16(21-17)13-9-7-8-11(3)12(13)4/h7-9H,5-6,10H2,1-4H3,(H,19,20,21). The number of aryl methyl sites for hydroxylation is 2. The Morgan fingerprint density at radius 2 is 1.90 bits per heavy atom. The van der Waals surface area contributed by atoms with Crippen LogP contribution in [0.4, 0.5) is 5.82 Å². The fraction of sp³-hybridized carbons (Fsp3) is 0.412. The van der Waals surface area contributed by atoms with Gasteiger partial charge in [0, 0.05) is 12.1 Å². The highest BCUT2D eigenvalue weighted by molar-refractivity contribution is 14.1. The predicted octanol–water partition coefficient (Wildman–Crippen LogP) is 4.75. The van der Waals surface area contributed by atoms with Crippen molar-refractivity contribution in [2.24, 2.45) is 0 Å². The number of nitrogens with zero attached hydrogens (tertiary/aromatic N) is 2. The number of hydrogen-bond acceptors (Lipinski definition) is 3. The van der Waals surface area contributed by atoms with Crippen LogP contribution in [0.15, 0.2) is 18.2 Å². The maximum absolute atomic E-state index is 4.77. The lowest BCUT2D eigenvalue weighted by Gasteiger charge is -2.14. The van der Waals surface area contributed by atoms with E-state index in [1.54, 1.807) is 0 Å². The normalized spacial score (nSPS) is 10.7. The van der Waals surface area contributed by atoms with E-state index in [1.165, 1.54) is 11.1 Å². The van der Waals surface area contributed by atoms with Crippen LogP contribution in [-0.2, 0) is 6.42 Å². The van der Waals surface area contributed by atoms with E-state index in [0.29, 0.717) is 0 Å².